The fourth-order valence-electron chi connectivity index (χ4n) is 5.71. The highest BCUT2D eigenvalue weighted by atomic mass is 31.2. The Morgan fingerprint density at radius 3 is 1.98 bits per heavy atom. The first-order valence-corrected chi connectivity index (χ1v) is 14.8. The molecule has 40 heavy (non-hydrogen) atoms. The number of fused-ring (bicyclic) bond motifs is 5. The molecule has 8 rings (SSSR count). The number of rotatable bonds is 4. The molecule has 0 N–H and O–H groups in total. The topological polar surface area (TPSA) is 57.0 Å². The summed E-state index contributed by atoms with van der Waals surface area (Å²) in [5.74, 6) is 2.11. The van der Waals surface area contributed by atoms with E-state index >= 15 is 0 Å². The van der Waals surface area contributed by atoms with Crippen LogP contribution >= 0.6 is 7.14 Å². The van der Waals surface area contributed by atoms with Crippen LogP contribution in [0.3, 0.4) is 0 Å². The van der Waals surface area contributed by atoms with E-state index in [0.717, 1.165) is 44.4 Å². The van der Waals surface area contributed by atoms with Gasteiger partial charge in [0.1, 0.15) is 0 Å². The van der Waals surface area contributed by atoms with Crippen molar-refractivity contribution >= 4 is 44.9 Å². The number of benzene rings is 5. The Hall–Kier alpha value is -4.99. The third-order valence-electron chi connectivity index (χ3n) is 7.58. The summed E-state index contributed by atoms with van der Waals surface area (Å²) in [7, 11) is -3.14. The van der Waals surface area contributed by atoms with Crippen LogP contribution in [-0.2, 0) is 4.57 Å². The van der Waals surface area contributed by atoms with E-state index in [-0.39, 0.29) is 0 Å². The molecule has 6 heteroatoms. The van der Waals surface area contributed by atoms with E-state index in [0.29, 0.717) is 11.1 Å². The summed E-state index contributed by atoms with van der Waals surface area (Å²) in [5, 5.41) is 4.47. The maximum absolute atomic E-state index is 14.6. The molecule has 1 aliphatic rings. The van der Waals surface area contributed by atoms with Crippen LogP contribution in [0.2, 0.25) is 0 Å². The average Bonchev–Trinajstić information content (AvgIpc) is 3.37. The van der Waals surface area contributed by atoms with E-state index in [9.17, 15) is 4.57 Å². The number of nitrogens with zero attached hydrogens (tertiary/aromatic N) is 3. The lowest BCUT2D eigenvalue weighted by atomic mass is 10.1. The molecule has 0 amide bonds. The van der Waals surface area contributed by atoms with Crippen LogP contribution in [0.25, 0.3) is 38.9 Å². The van der Waals surface area contributed by atoms with Gasteiger partial charge in [-0.3, -0.25) is 0 Å². The van der Waals surface area contributed by atoms with E-state index in [1.54, 1.807) is 12.4 Å². The van der Waals surface area contributed by atoms with Crippen molar-refractivity contribution in [3.8, 4) is 28.6 Å². The van der Waals surface area contributed by atoms with Crippen LogP contribution in [-0.4, -0.2) is 14.5 Å². The number of para-hydroxylation sites is 2. The van der Waals surface area contributed by atoms with Gasteiger partial charge in [0, 0.05) is 39.3 Å². The monoisotopic (exact) mass is 535 g/mol. The van der Waals surface area contributed by atoms with E-state index < -0.39 is 7.14 Å². The molecule has 7 aromatic rings. The van der Waals surface area contributed by atoms with Gasteiger partial charge in [-0.05, 0) is 30.3 Å². The molecule has 0 spiro atoms. The highest BCUT2D eigenvalue weighted by molar-refractivity contribution is 7.85. The van der Waals surface area contributed by atoms with E-state index in [1.165, 1.54) is 10.8 Å². The Morgan fingerprint density at radius 1 is 0.600 bits per heavy atom. The quantitative estimate of drug-likeness (QED) is 0.228. The first kappa shape index (κ1) is 22.9. The molecular formula is C34H22N3O2P. The van der Waals surface area contributed by atoms with Crippen molar-refractivity contribution in [1.29, 1.82) is 0 Å². The number of aromatic nitrogens is 3. The van der Waals surface area contributed by atoms with Crippen LogP contribution < -0.4 is 20.7 Å². The Morgan fingerprint density at radius 2 is 1.25 bits per heavy atom. The van der Waals surface area contributed by atoms with Crippen LogP contribution in [0.15, 0.2) is 134 Å². The maximum Gasteiger partial charge on any atom is 0.174 e. The fraction of sp³-hybridized carbons (Fsp3) is 0. The van der Waals surface area contributed by atoms with Gasteiger partial charge in [-0.25, -0.2) is 9.97 Å². The molecule has 0 saturated carbocycles. The van der Waals surface area contributed by atoms with E-state index in [2.05, 4.69) is 41.0 Å². The lowest BCUT2D eigenvalue weighted by molar-refractivity contribution is 0.476. The predicted octanol–water partition coefficient (Wildman–Crippen LogP) is 6.99. The third-order valence-corrected chi connectivity index (χ3v) is 10.6. The zero-order valence-corrected chi connectivity index (χ0v) is 22.2. The molecule has 190 valence electrons. The zero-order chi connectivity index (χ0) is 26.7. The molecule has 0 saturated heterocycles. The summed E-state index contributed by atoms with van der Waals surface area (Å²) < 4.78 is 23.3. The predicted molar refractivity (Wildman–Crippen MR) is 161 cm³/mol. The van der Waals surface area contributed by atoms with Gasteiger partial charge in [-0.15, -0.1) is 0 Å². The number of ether oxygens (including phenoxy) is 1. The molecule has 0 fully saturated rings. The van der Waals surface area contributed by atoms with Crippen molar-refractivity contribution in [1.82, 2.24) is 14.5 Å². The van der Waals surface area contributed by atoms with Gasteiger partial charge >= 0.3 is 0 Å². The Labute approximate surface area is 230 Å². The van der Waals surface area contributed by atoms with Crippen LogP contribution in [0.4, 0.5) is 0 Å². The third kappa shape index (κ3) is 3.32. The highest BCUT2D eigenvalue weighted by Crippen LogP contribution is 2.46. The summed E-state index contributed by atoms with van der Waals surface area (Å²) in [4.78, 5) is 9.38. The van der Waals surface area contributed by atoms with Gasteiger partial charge in [0.05, 0.1) is 22.0 Å². The molecule has 0 radical (unpaired) electrons. The van der Waals surface area contributed by atoms with Crippen molar-refractivity contribution < 1.29 is 9.30 Å². The molecule has 2 aromatic heterocycles. The van der Waals surface area contributed by atoms with E-state index in [1.807, 2.05) is 84.9 Å². The molecule has 3 heterocycles. The Balaban J connectivity index is 1.23. The van der Waals surface area contributed by atoms with Crippen molar-refractivity contribution in [3.63, 3.8) is 0 Å². The summed E-state index contributed by atoms with van der Waals surface area (Å²) in [6.07, 6.45) is 3.39. The summed E-state index contributed by atoms with van der Waals surface area (Å²) >= 11 is 0. The lowest BCUT2D eigenvalue weighted by Gasteiger charge is -2.21. The molecule has 0 atom stereocenters. The maximum atomic E-state index is 14.6. The number of hydrogen-bond donors (Lipinski definition) is 0. The van der Waals surface area contributed by atoms with Gasteiger partial charge in [0.25, 0.3) is 0 Å². The van der Waals surface area contributed by atoms with Gasteiger partial charge in [0.15, 0.2) is 24.5 Å². The standard InChI is InChI=1S/C34H22N3O2P/c38-40(24-10-3-1-4-11-24,25-12-5-2-6-13-25)26-21-35-34(36-22-26)23-18-19-30-32(20-23)39-31-17-9-15-28-27-14-7-8-16-29(27)37(30)33(28)31/h1-22H. The second kappa shape index (κ2) is 8.77. The van der Waals surface area contributed by atoms with Crippen molar-refractivity contribution in [3.05, 3.63) is 134 Å². The molecule has 0 unspecified atom stereocenters. The van der Waals surface area contributed by atoms with Crippen LogP contribution in [0, 0.1) is 0 Å². The molecule has 0 aliphatic carbocycles. The second-order valence-electron chi connectivity index (χ2n) is 9.83. The van der Waals surface area contributed by atoms with E-state index in [4.69, 9.17) is 14.7 Å². The summed E-state index contributed by atoms with van der Waals surface area (Å²) in [6.45, 7) is 0. The zero-order valence-electron chi connectivity index (χ0n) is 21.3. The normalized spacial score (nSPS) is 12.3. The average molecular weight is 536 g/mol. The minimum atomic E-state index is -3.14. The SMILES string of the molecule is O=P(c1ccccc1)(c1ccccc1)c1cnc(-c2ccc3c(c2)Oc2cccc4c5ccccc5n-3c24)nc1. The molecule has 5 aromatic carbocycles. The van der Waals surface area contributed by atoms with Crippen molar-refractivity contribution in [2.75, 3.05) is 0 Å². The van der Waals surface area contributed by atoms with Gasteiger partial charge < -0.3 is 13.9 Å². The minimum absolute atomic E-state index is 0.546. The Bertz CT molecular complexity index is 2060. The fourth-order valence-corrected chi connectivity index (χ4v) is 8.23. The first-order valence-electron chi connectivity index (χ1n) is 13.1. The molecule has 0 bridgehead atoms. The molecule has 1 aliphatic heterocycles. The number of hydrogen-bond acceptors (Lipinski definition) is 4. The van der Waals surface area contributed by atoms with Gasteiger partial charge in [-0.2, -0.15) is 0 Å². The van der Waals surface area contributed by atoms with Crippen molar-refractivity contribution in [2.24, 2.45) is 0 Å². The minimum Gasteiger partial charge on any atom is -0.453 e. The van der Waals surface area contributed by atoms with Crippen LogP contribution in [0.1, 0.15) is 0 Å². The van der Waals surface area contributed by atoms with Gasteiger partial charge in [-0.1, -0.05) is 91.0 Å². The van der Waals surface area contributed by atoms with Gasteiger partial charge in [0.2, 0.25) is 0 Å². The molecular weight excluding hydrogens is 513 g/mol. The van der Waals surface area contributed by atoms with Crippen LogP contribution in [0.5, 0.6) is 11.5 Å². The summed E-state index contributed by atoms with van der Waals surface area (Å²) in [5.41, 5.74) is 4.01. The summed E-state index contributed by atoms with van der Waals surface area (Å²) in [6, 6.07) is 39.8. The second-order valence-corrected chi connectivity index (χ2v) is 12.6. The Kier molecular flexibility index (Phi) is 5.03. The first-order chi connectivity index (χ1) is 19.7. The molecule has 5 nitrogen and oxygen atoms in total. The van der Waals surface area contributed by atoms with Crippen molar-refractivity contribution in [2.45, 2.75) is 0 Å². The lowest BCUT2D eigenvalue weighted by Crippen LogP contribution is -2.25. The smallest absolute Gasteiger partial charge is 0.174 e. The largest absolute Gasteiger partial charge is 0.453 e. The highest BCUT2D eigenvalue weighted by Gasteiger charge is 2.30.